The number of hydrogen-bond donors (Lipinski definition) is 1. The Labute approximate surface area is 84.2 Å². The van der Waals surface area contributed by atoms with Gasteiger partial charge in [-0.05, 0) is 31.0 Å². The summed E-state index contributed by atoms with van der Waals surface area (Å²) in [5.41, 5.74) is 1.20. The molecule has 1 rings (SSSR count). The monoisotopic (exact) mass is 223 g/mol. The van der Waals surface area contributed by atoms with Gasteiger partial charge >= 0.3 is 0 Å². The Bertz CT molecular complexity index is 297. The summed E-state index contributed by atoms with van der Waals surface area (Å²) in [7, 11) is -2.86. The van der Waals surface area contributed by atoms with E-state index in [0.29, 0.717) is 13.0 Å². The second-order valence-electron chi connectivity index (χ2n) is 3.40. The van der Waals surface area contributed by atoms with Gasteiger partial charge in [0.2, 0.25) is 0 Å². The lowest BCUT2D eigenvalue weighted by atomic mass is 9.99. The van der Waals surface area contributed by atoms with Crippen LogP contribution in [0, 0.1) is 0 Å². The highest BCUT2D eigenvalue weighted by molar-refractivity contribution is 7.91. The Morgan fingerprint density at radius 3 is 2.77 bits per heavy atom. The third kappa shape index (κ3) is 3.29. The third-order valence-electron chi connectivity index (χ3n) is 2.36. The van der Waals surface area contributed by atoms with Crippen LogP contribution in [-0.2, 0) is 9.84 Å². The molecule has 0 aromatic heterocycles. The lowest BCUT2D eigenvalue weighted by Gasteiger charge is -2.19. The Balaban J connectivity index is 2.56. The van der Waals surface area contributed by atoms with E-state index in [4.69, 9.17) is 11.8 Å². The minimum atomic E-state index is -2.86. The van der Waals surface area contributed by atoms with Crippen molar-refractivity contribution in [1.82, 2.24) is 4.84 Å². The van der Waals surface area contributed by atoms with Gasteiger partial charge in [-0.25, -0.2) is 13.3 Å². The van der Waals surface area contributed by atoms with Gasteiger partial charge in [0.25, 0.3) is 0 Å². The molecule has 76 valence electrons. The molecule has 5 heteroatoms. The number of sulfone groups is 1. The average Bonchev–Trinajstić information content (AvgIpc) is 2.04. The number of nitrogens with one attached hydrogen (secondary N) is 1. The molecule has 0 aliphatic heterocycles. The molecule has 0 heterocycles. The van der Waals surface area contributed by atoms with Crippen LogP contribution in [0.15, 0.2) is 11.6 Å². The van der Waals surface area contributed by atoms with Crippen molar-refractivity contribution in [3.05, 3.63) is 11.6 Å². The second kappa shape index (κ2) is 4.44. The highest BCUT2D eigenvalue weighted by Gasteiger charge is 2.22. The molecule has 1 aliphatic carbocycles. The summed E-state index contributed by atoms with van der Waals surface area (Å²) in [4.78, 5) is 2.55. The van der Waals surface area contributed by atoms with Gasteiger partial charge in [0.1, 0.15) is 0 Å². The molecular weight excluding hydrogens is 210 g/mol. The van der Waals surface area contributed by atoms with E-state index in [1.165, 1.54) is 11.8 Å². The van der Waals surface area contributed by atoms with Crippen molar-refractivity contribution in [1.29, 1.82) is 0 Å². The predicted molar refractivity (Wildman–Crippen MR) is 54.4 cm³/mol. The Hall–Kier alpha value is -0.0600. The molecule has 1 atom stereocenters. The van der Waals surface area contributed by atoms with E-state index in [2.05, 4.69) is 4.84 Å². The molecule has 0 spiro atoms. The zero-order chi connectivity index (χ0) is 9.90. The number of halogens is 1. The van der Waals surface area contributed by atoms with Crippen molar-refractivity contribution in [3.63, 3.8) is 0 Å². The fourth-order valence-electron chi connectivity index (χ4n) is 1.50. The van der Waals surface area contributed by atoms with Crippen LogP contribution < -0.4 is 4.84 Å². The Kier molecular flexibility index (Phi) is 3.76. The maximum Gasteiger partial charge on any atom is 0.150 e. The van der Waals surface area contributed by atoms with Gasteiger partial charge < -0.3 is 0 Å². The largest absolute Gasteiger partial charge is 0.229 e. The van der Waals surface area contributed by atoms with E-state index in [1.54, 1.807) is 0 Å². The quantitative estimate of drug-likeness (QED) is 0.579. The molecule has 0 radical (unpaired) electrons. The average molecular weight is 224 g/mol. The minimum Gasteiger partial charge on any atom is -0.229 e. The molecule has 0 bridgehead atoms. The van der Waals surface area contributed by atoms with Crippen molar-refractivity contribution in [2.75, 3.05) is 12.8 Å². The van der Waals surface area contributed by atoms with E-state index < -0.39 is 9.84 Å². The molecule has 0 saturated heterocycles. The smallest absolute Gasteiger partial charge is 0.150 e. The molecule has 3 nitrogen and oxygen atoms in total. The van der Waals surface area contributed by atoms with E-state index in [1.807, 2.05) is 6.08 Å². The SMILES string of the molecule is CS(=O)(=O)C1CC=C(CNCl)CC1. The van der Waals surface area contributed by atoms with Crippen molar-refractivity contribution in [2.24, 2.45) is 0 Å². The zero-order valence-electron chi connectivity index (χ0n) is 7.59. The van der Waals surface area contributed by atoms with Crippen molar-refractivity contribution >= 4 is 21.6 Å². The van der Waals surface area contributed by atoms with Gasteiger partial charge in [-0.3, -0.25) is 0 Å². The Morgan fingerprint density at radius 2 is 2.38 bits per heavy atom. The topological polar surface area (TPSA) is 46.2 Å². The van der Waals surface area contributed by atoms with Crippen LogP contribution in [0.5, 0.6) is 0 Å². The first-order chi connectivity index (χ1) is 6.04. The van der Waals surface area contributed by atoms with Crippen molar-refractivity contribution in [2.45, 2.75) is 24.5 Å². The predicted octanol–water partition coefficient (Wildman–Crippen LogP) is 1.25. The fraction of sp³-hybridized carbons (Fsp3) is 0.750. The standard InChI is InChI=1S/C8H14ClNO2S/c1-13(11,12)8-4-2-7(3-5-8)6-10-9/h2,8,10H,3-6H2,1H3. The van der Waals surface area contributed by atoms with E-state index in [9.17, 15) is 8.42 Å². The van der Waals surface area contributed by atoms with E-state index >= 15 is 0 Å². The Morgan fingerprint density at radius 1 is 1.69 bits per heavy atom. The van der Waals surface area contributed by atoms with E-state index in [-0.39, 0.29) is 5.25 Å². The highest BCUT2D eigenvalue weighted by atomic mass is 35.5. The van der Waals surface area contributed by atoms with Gasteiger partial charge in [-0.2, -0.15) is 0 Å². The molecule has 1 N–H and O–H groups in total. The summed E-state index contributed by atoms with van der Waals surface area (Å²) < 4.78 is 22.4. The summed E-state index contributed by atoms with van der Waals surface area (Å²) >= 11 is 5.35. The molecule has 0 aromatic carbocycles. The van der Waals surface area contributed by atoms with Crippen LogP contribution in [0.3, 0.4) is 0 Å². The van der Waals surface area contributed by atoms with Crippen LogP contribution in [0.25, 0.3) is 0 Å². The normalized spacial score (nSPS) is 24.2. The van der Waals surface area contributed by atoms with Crippen LogP contribution >= 0.6 is 11.8 Å². The first-order valence-electron chi connectivity index (χ1n) is 4.24. The second-order valence-corrected chi connectivity index (χ2v) is 5.99. The molecule has 0 fully saturated rings. The first-order valence-corrected chi connectivity index (χ1v) is 6.57. The van der Waals surface area contributed by atoms with Crippen molar-refractivity contribution < 1.29 is 8.42 Å². The highest BCUT2D eigenvalue weighted by Crippen LogP contribution is 2.22. The molecule has 0 aromatic rings. The molecule has 13 heavy (non-hydrogen) atoms. The van der Waals surface area contributed by atoms with Crippen LogP contribution in [-0.4, -0.2) is 26.5 Å². The maximum absolute atomic E-state index is 11.2. The summed E-state index contributed by atoms with van der Waals surface area (Å²) in [5.74, 6) is 0. The summed E-state index contributed by atoms with van der Waals surface area (Å²) in [6, 6.07) is 0. The van der Waals surface area contributed by atoms with Crippen LogP contribution in [0.2, 0.25) is 0 Å². The molecule has 0 saturated carbocycles. The number of hydrogen-bond acceptors (Lipinski definition) is 3. The number of rotatable bonds is 3. The summed E-state index contributed by atoms with van der Waals surface area (Å²) in [5, 5.41) is -0.188. The molecular formula is C8H14ClNO2S. The summed E-state index contributed by atoms with van der Waals surface area (Å²) in [6.45, 7) is 0.651. The van der Waals surface area contributed by atoms with Gasteiger partial charge in [-0.15, -0.1) is 0 Å². The molecule has 1 aliphatic rings. The lowest BCUT2D eigenvalue weighted by molar-refractivity contribution is 0.569. The van der Waals surface area contributed by atoms with Crippen LogP contribution in [0.4, 0.5) is 0 Å². The van der Waals surface area contributed by atoms with Crippen molar-refractivity contribution in [3.8, 4) is 0 Å². The summed E-state index contributed by atoms with van der Waals surface area (Å²) in [6.07, 6.45) is 5.47. The minimum absolute atomic E-state index is 0.188. The van der Waals surface area contributed by atoms with Gasteiger partial charge in [-0.1, -0.05) is 11.6 Å². The van der Waals surface area contributed by atoms with Gasteiger partial charge in [0.15, 0.2) is 9.84 Å². The van der Waals surface area contributed by atoms with Gasteiger partial charge in [0.05, 0.1) is 5.25 Å². The van der Waals surface area contributed by atoms with Crippen LogP contribution in [0.1, 0.15) is 19.3 Å². The first kappa shape index (κ1) is 11.0. The fourth-order valence-corrected chi connectivity index (χ4v) is 2.66. The molecule has 0 amide bonds. The lowest BCUT2D eigenvalue weighted by Crippen LogP contribution is -2.23. The van der Waals surface area contributed by atoms with Gasteiger partial charge in [0, 0.05) is 12.8 Å². The third-order valence-corrected chi connectivity index (χ3v) is 4.13. The number of allylic oxidation sites excluding steroid dienone is 1. The van der Waals surface area contributed by atoms with E-state index in [0.717, 1.165) is 12.8 Å². The molecule has 1 unspecified atom stereocenters. The zero-order valence-corrected chi connectivity index (χ0v) is 9.16. The maximum atomic E-state index is 11.2.